The van der Waals surface area contributed by atoms with E-state index in [4.69, 9.17) is 0 Å². The summed E-state index contributed by atoms with van der Waals surface area (Å²) in [5.74, 6) is -0.358. The summed E-state index contributed by atoms with van der Waals surface area (Å²) >= 11 is 0. The van der Waals surface area contributed by atoms with E-state index in [0.717, 1.165) is 5.69 Å². The Labute approximate surface area is 110 Å². The predicted octanol–water partition coefficient (Wildman–Crippen LogP) is 3.26. The van der Waals surface area contributed by atoms with E-state index in [0.29, 0.717) is 5.56 Å². The summed E-state index contributed by atoms with van der Waals surface area (Å²) in [6.45, 7) is -0.263. The molecule has 0 fully saturated rings. The monoisotopic (exact) mass is 260 g/mol. The highest BCUT2D eigenvalue weighted by atomic mass is 19.1. The first-order valence-corrected chi connectivity index (χ1v) is 5.84. The largest absolute Gasteiger partial charge is 0.372 e. The number of halogens is 1. The number of para-hydroxylation sites is 1. The van der Waals surface area contributed by atoms with Crippen LogP contribution in [0.5, 0.6) is 0 Å². The molecule has 19 heavy (non-hydrogen) atoms. The molecule has 1 unspecified atom stereocenters. The molecule has 1 atom stereocenters. The molecule has 0 saturated carbocycles. The SMILES string of the molecule is O=[N+]([O-])CC(Nc1ccccc1)c1ccc(F)cc1. The van der Waals surface area contributed by atoms with E-state index in [-0.39, 0.29) is 17.3 Å². The van der Waals surface area contributed by atoms with Gasteiger partial charge in [-0.15, -0.1) is 0 Å². The number of nitrogens with zero attached hydrogens (tertiary/aromatic N) is 1. The van der Waals surface area contributed by atoms with Crippen molar-refractivity contribution < 1.29 is 9.31 Å². The highest BCUT2D eigenvalue weighted by Gasteiger charge is 2.17. The third-order valence-electron chi connectivity index (χ3n) is 2.72. The van der Waals surface area contributed by atoms with E-state index in [9.17, 15) is 14.5 Å². The van der Waals surface area contributed by atoms with Crippen molar-refractivity contribution >= 4 is 5.69 Å². The van der Waals surface area contributed by atoms with Crippen LogP contribution in [-0.2, 0) is 0 Å². The lowest BCUT2D eigenvalue weighted by Gasteiger charge is -2.16. The molecule has 2 aromatic carbocycles. The van der Waals surface area contributed by atoms with E-state index < -0.39 is 6.04 Å². The maximum Gasteiger partial charge on any atom is 0.227 e. The van der Waals surface area contributed by atoms with Crippen LogP contribution in [-0.4, -0.2) is 11.5 Å². The summed E-state index contributed by atoms with van der Waals surface area (Å²) in [5.41, 5.74) is 1.47. The molecule has 0 aliphatic heterocycles. The van der Waals surface area contributed by atoms with Crippen LogP contribution in [0.2, 0.25) is 0 Å². The molecule has 1 N–H and O–H groups in total. The van der Waals surface area contributed by atoms with Gasteiger partial charge < -0.3 is 5.32 Å². The summed E-state index contributed by atoms with van der Waals surface area (Å²) in [6.07, 6.45) is 0. The Morgan fingerprint density at radius 1 is 1.11 bits per heavy atom. The predicted molar refractivity (Wildman–Crippen MR) is 71.1 cm³/mol. The van der Waals surface area contributed by atoms with Gasteiger partial charge in [0, 0.05) is 10.6 Å². The Morgan fingerprint density at radius 3 is 2.32 bits per heavy atom. The first-order valence-electron chi connectivity index (χ1n) is 5.84. The molecular weight excluding hydrogens is 247 g/mol. The molecule has 2 aromatic rings. The van der Waals surface area contributed by atoms with Crippen LogP contribution in [0.4, 0.5) is 10.1 Å². The zero-order valence-electron chi connectivity index (χ0n) is 10.1. The topological polar surface area (TPSA) is 55.2 Å². The van der Waals surface area contributed by atoms with Crippen molar-refractivity contribution in [3.05, 3.63) is 76.1 Å². The zero-order chi connectivity index (χ0) is 13.7. The molecule has 4 nitrogen and oxygen atoms in total. The fourth-order valence-electron chi connectivity index (χ4n) is 1.81. The van der Waals surface area contributed by atoms with E-state index in [1.54, 1.807) is 12.1 Å². The second-order valence-electron chi connectivity index (χ2n) is 4.13. The van der Waals surface area contributed by atoms with Crippen LogP contribution in [0, 0.1) is 15.9 Å². The van der Waals surface area contributed by atoms with Crippen molar-refractivity contribution in [2.75, 3.05) is 11.9 Å². The van der Waals surface area contributed by atoms with Crippen molar-refractivity contribution in [3.63, 3.8) is 0 Å². The molecule has 0 heterocycles. The quantitative estimate of drug-likeness (QED) is 0.663. The molecule has 0 amide bonds. The number of hydrogen-bond donors (Lipinski definition) is 1. The minimum Gasteiger partial charge on any atom is -0.372 e. The fraction of sp³-hybridized carbons (Fsp3) is 0.143. The minimum absolute atomic E-state index is 0.263. The number of nitro groups is 1. The molecule has 5 heteroatoms. The Bertz CT molecular complexity index is 543. The third kappa shape index (κ3) is 3.77. The van der Waals surface area contributed by atoms with E-state index in [2.05, 4.69) is 5.32 Å². The number of hydrogen-bond acceptors (Lipinski definition) is 3. The molecular formula is C14H13FN2O2. The molecule has 0 bridgehead atoms. The summed E-state index contributed by atoms with van der Waals surface area (Å²) in [4.78, 5) is 10.3. The van der Waals surface area contributed by atoms with Gasteiger partial charge in [-0.3, -0.25) is 10.1 Å². The highest BCUT2D eigenvalue weighted by Crippen LogP contribution is 2.20. The first-order chi connectivity index (χ1) is 9.15. The lowest BCUT2D eigenvalue weighted by molar-refractivity contribution is -0.482. The van der Waals surface area contributed by atoms with Gasteiger partial charge in [0.05, 0.1) is 0 Å². The first kappa shape index (κ1) is 13.0. The number of rotatable bonds is 5. The van der Waals surface area contributed by atoms with Gasteiger partial charge in [0.2, 0.25) is 6.54 Å². The Balaban J connectivity index is 2.20. The Kier molecular flexibility index (Phi) is 4.07. The molecule has 0 aliphatic carbocycles. The maximum atomic E-state index is 12.9. The number of anilines is 1. The van der Waals surface area contributed by atoms with Crippen molar-refractivity contribution in [2.24, 2.45) is 0 Å². The average molecular weight is 260 g/mol. The Hall–Kier alpha value is -2.43. The van der Waals surface area contributed by atoms with E-state index in [1.807, 2.05) is 30.3 Å². The van der Waals surface area contributed by atoms with E-state index in [1.165, 1.54) is 12.1 Å². The lowest BCUT2D eigenvalue weighted by Crippen LogP contribution is -2.20. The van der Waals surface area contributed by atoms with Gasteiger partial charge >= 0.3 is 0 Å². The average Bonchev–Trinajstić information content (AvgIpc) is 2.39. The summed E-state index contributed by atoms with van der Waals surface area (Å²) in [5, 5.41) is 13.8. The molecule has 98 valence electrons. The van der Waals surface area contributed by atoms with Crippen LogP contribution >= 0.6 is 0 Å². The normalized spacial score (nSPS) is 11.8. The van der Waals surface area contributed by atoms with Crippen LogP contribution in [0.25, 0.3) is 0 Å². The number of benzene rings is 2. The lowest BCUT2D eigenvalue weighted by atomic mass is 10.1. The van der Waals surface area contributed by atoms with Crippen molar-refractivity contribution in [1.29, 1.82) is 0 Å². The summed E-state index contributed by atoms with van der Waals surface area (Å²) in [7, 11) is 0. The molecule has 0 spiro atoms. The summed E-state index contributed by atoms with van der Waals surface area (Å²) in [6, 6.07) is 14.4. The van der Waals surface area contributed by atoms with E-state index >= 15 is 0 Å². The molecule has 0 aromatic heterocycles. The fourth-order valence-corrected chi connectivity index (χ4v) is 1.81. The van der Waals surface area contributed by atoms with Gasteiger partial charge in [-0.25, -0.2) is 4.39 Å². The minimum atomic E-state index is -0.488. The molecule has 0 radical (unpaired) electrons. The molecule has 0 aliphatic rings. The smallest absolute Gasteiger partial charge is 0.227 e. The second-order valence-corrected chi connectivity index (χ2v) is 4.13. The standard InChI is InChI=1S/C14H13FN2O2/c15-12-8-6-11(7-9-12)14(10-17(18)19)16-13-4-2-1-3-5-13/h1-9,14,16H,10H2. The van der Waals surface area contributed by atoms with Crippen molar-refractivity contribution in [1.82, 2.24) is 0 Å². The Morgan fingerprint density at radius 2 is 1.74 bits per heavy atom. The third-order valence-corrected chi connectivity index (χ3v) is 2.72. The van der Waals surface area contributed by atoms with Gasteiger partial charge in [0.15, 0.2) is 0 Å². The zero-order valence-corrected chi connectivity index (χ0v) is 10.1. The molecule has 0 saturated heterocycles. The van der Waals surface area contributed by atoms with Gasteiger partial charge in [-0.1, -0.05) is 30.3 Å². The van der Waals surface area contributed by atoms with Crippen LogP contribution < -0.4 is 5.32 Å². The maximum absolute atomic E-state index is 12.9. The highest BCUT2D eigenvalue weighted by molar-refractivity contribution is 5.45. The van der Waals surface area contributed by atoms with Crippen LogP contribution in [0.1, 0.15) is 11.6 Å². The number of nitrogens with one attached hydrogen (secondary N) is 1. The van der Waals surface area contributed by atoms with Gasteiger partial charge in [-0.2, -0.15) is 0 Å². The van der Waals surface area contributed by atoms with Gasteiger partial charge in [0.1, 0.15) is 11.9 Å². The second kappa shape index (κ2) is 5.95. The van der Waals surface area contributed by atoms with Crippen molar-refractivity contribution in [2.45, 2.75) is 6.04 Å². The molecule has 2 rings (SSSR count). The van der Waals surface area contributed by atoms with Crippen LogP contribution in [0.15, 0.2) is 54.6 Å². The van der Waals surface area contributed by atoms with Gasteiger partial charge in [-0.05, 0) is 29.8 Å². The summed E-state index contributed by atoms with van der Waals surface area (Å²) < 4.78 is 12.9. The van der Waals surface area contributed by atoms with Crippen LogP contribution in [0.3, 0.4) is 0 Å². The van der Waals surface area contributed by atoms with Gasteiger partial charge in [0.25, 0.3) is 0 Å². The van der Waals surface area contributed by atoms with Crippen molar-refractivity contribution in [3.8, 4) is 0 Å².